The number of benzene rings is 1. The lowest BCUT2D eigenvalue weighted by Gasteiger charge is -2.12. The van der Waals surface area contributed by atoms with Gasteiger partial charge in [-0.3, -0.25) is 16.0 Å². The lowest BCUT2D eigenvalue weighted by molar-refractivity contribution is -0.386. The van der Waals surface area contributed by atoms with Crippen LogP contribution < -0.4 is 16.0 Å². The molecule has 20 heavy (non-hydrogen) atoms. The number of nitrogens with one attached hydrogen (secondary N) is 2. The summed E-state index contributed by atoms with van der Waals surface area (Å²) in [6.07, 6.45) is 0.801. The van der Waals surface area contributed by atoms with Crippen molar-refractivity contribution in [3.8, 4) is 0 Å². The van der Waals surface area contributed by atoms with Crippen molar-refractivity contribution in [1.82, 2.24) is 4.72 Å². The normalized spacial score (nSPS) is 12.9. The van der Waals surface area contributed by atoms with E-state index >= 15 is 0 Å². The van der Waals surface area contributed by atoms with Gasteiger partial charge in [-0.05, 0) is 18.1 Å². The minimum atomic E-state index is -3.96. The van der Waals surface area contributed by atoms with E-state index in [0.717, 1.165) is 6.42 Å². The zero-order valence-corrected chi connectivity index (χ0v) is 12.1. The maximum absolute atomic E-state index is 12.2. The average Bonchev–Trinajstić information content (AvgIpc) is 2.43. The Morgan fingerprint density at radius 3 is 2.60 bits per heavy atom. The van der Waals surface area contributed by atoms with Gasteiger partial charge in [-0.25, -0.2) is 13.1 Å². The molecular formula is C11H18N4O4S. The molecule has 1 aromatic carbocycles. The molecule has 1 unspecified atom stereocenters. The molecule has 0 fully saturated rings. The van der Waals surface area contributed by atoms with Gasteiger partial charge in [0.05, 0.1) is 4.92 Å². The lowest BCUT2D eigenvalue weighted by atomic mass is 10.1. The van der Waals surface area contributed by atoms with Gasteiger partial charge >= 0.3 is 5.69 Å². The zero-order valence-electron chi connectivity index (χ0n) is 11.3. The Morgan fingerprint density at radius 1 is 1.45 bits per heavy atom. The van der Waals surface area contributed by atoms with Gasteiger partial charge in [-0.2, -0.15) is 0 Å². The lowest BCUT2D eigenvalue weighted by Crippen LogP contribution is -2.29. The number of nitro benzene ring substituents is 1. The number of nitrogen functional groups attached to an aromatic ring is 1. The number of anilines is 1. The van der Waals surface area contributed by atoms with Gasteiger partial charge < -0.3 is 5.43 Å². The Labute approximate surface area is 117 Å². The molecule has 0 amide bonds. The maximum Gasteiger partial charge on any atom is 0.313 e. The highest BCUT2D eigenvalue weighted by atomic mass is 32.2. The number of hydrazine groups is 1. The van der Waals surface area contributed by atoms with Crippen molar-refractivity contribution in [2.24, 2.45) is 11.8 Å². The highest BCUT2D eigenvalue weighted by Crippen LogP contribution is 2.31. The third-order valence-corrected chi connectivity index (χ3v) is 4.40. The van der Waals surface area contributed by atoms with Gasteiger partial charge in [-0.1, -0.05) is 26.3 Å². The minimum Gasteiger partial charge on any atom is -0.318 e. The van der Waals surface area contributed by atoms with Crippen LogP contribution in [0.25, 0.3) is 0 Å². The third kappa shape index (κ3) is 3.65. The van der Waals surface area contributed by atoms with Gasteiger partial charge in [0.15, 0.2) is 4.90 Å². The first-order chi connectivity index (χ1) is 9.33. The molecule has 8 nitrogen and oxygen atoms in total. The van der Waals surface area contributed by atoms with Crippen LogP contribution in [0.15, 0.2) is 23.1 Å². The fraction of sp³-hybridized carbons (Fsp3) is 0.455. The van der Waals surface area contributed by atoms with Crippen molar-refractivity contribution in [3.05, 3.63) is 28.3 Å². The van der Waals surface area contributed by atoms with Crippen molar-refractivity contribution in [3.63, 3.8) is 0 Å². The Morgan fingerprint density at radius 2 is 2.10 bits per heavy atom. The molecule has 0 spiro atoms. The smallest absolute Gasteiger partial charge is 0.313 e. The molecule has 0 radical (unpaired) electrons. The molecule has 0 aromatic heterocycles. The van der Waals surface area contributed by atoms with E-state index in [4.69, 9.17) is 5.84 Å². The van der Waals surface area contributed by atoms with Gasteiger partial charge in [0, 0.05) is 6.54 Å². The topological polar surface area (TPSA) is 127 Å². The van der Waals surface area contributed by atoms with E-state index in [0.29, 0.717) is 0 Å². The van der Waals surface area contributed by atoms with E-state index in [9.17, 15) is 18.5 Å². The standard InChI is InChI=1S/C11H18N4O4S/c1-3-8(2)7-13-20(18,19)10-6-4-5-9(14-12)11(10)15(16)17/h4-6,8,13-14H,3,7,12H2,1-2H3. The van der Waals surface area contributed by atoms with Gasteiger partial charge in [0.25, 0.3) is 0 Å². The van der Waals surface area contributed by atoms with E-state index in [1.165, 1.54) is 18.2 Å². The first-order valence-corrected chi connectivity index (χ1v) is 7.55. The fourth-order valence-electron chi connectivity index (χ4n) is 1.52. The van der Waals surface area contributed by atoms with Crippen LogP contribution in [0.4, 0.5) is 11.4 Å². The van der Waals surface area contributed by atoms with Crippen molar-refractivity contribution in [2.45, 2.75) is 25.2 Å². The molecule has 112 valence electrons. The Hall–Kier alpha value is -1.71. The monoisotopic (exact) mass is 302 g/mol. The fourth-order valence-corrected chi connectivity index (χ4v) is 2.87. The second-order valence-electron chi connectivity index (χ2n) is 4.42. The SMILES string of the molecule is CCC(C)CNS(=O)(=O)c1cccc(NN)c1[N+](=O)[O-]. The van der Waals surface area contributed by atoms with Crippen molar-refractivity contribution in [1.29, 1.82) is 0 Å². The molecule has 0 aliphatic heterocycles. The van der Waals surface area contributed by atoms with Gasteiger partial charge in [-0.15, -0.1) is 0 Å². The van der Waals surface area contributed by atoms with E-state index in [2.05, 4.69) is 10.1 Å². The highest BCUT2D eigenvalue weighted by molar-refractivity contribution is 7.89. The molecule has 0 saturated heterocycles. The first kappa shape index (κ1) is 16.3. The van der Waals surface area contributed by atoms with E-state index in [-0.39, 0.29) is 18.2 Å². The van der Waals surface area contributed by atoms with Crippen LogP contribution in [-0.4, -0.2) is 19.9 Å². The summed E-state index contributed by atoms with van der Waals surface area (Å²) in [5, 5.41) is 11.1. The van der Waals surface area contributed by atoms with E-state index in [1.54, 1.807) is 0 Å². The molecule has 0 heterocycles. The van der Waals surface area contributed by atoms with Gasteiger partial charge in [0.2, 0.25) is 10.0 Å². The average molecular weight is 302 g/mol. The summed E-state index contributed by atoms with van der Waals surface area (Å²) in [7, 11) is -3.96. The molecule has 0 saturated carbocycles. The number of sulfonamides is 1. The molecule has 1 aromatic rings. The molecule has 0 aliphatic rings. The zero-order chi connectivity index (χ0) is 15.3. The summed E-state index contributed by atoms with van der Waals surface area (Å²) in [5.41, 5.74) is 1.51. The number of rotatable bonds is 7. The molecule has 9 heteroatoms. The molecule has 4 N–H and O–H groups in total. The number of hydrogen-bond acceptors (Lipinski definition) is 6. The number of nitro groups is 1. The first-order valence-electron chi connectivity index (χ1n) is 6.07. The predicted octanol–water partition coefficient (Wildman–Crippen LogP) is 1.20. The summed E-state index contributed by atoms with van der Waals surface area (Å²) >= 11 is 0. The predicted molar refractivity (Wildman–Crippen MR) is 75.6 cm³/mol. The molecular weight excluding hydrogens is 284 g/mol. The largest absolute Gasteiger partial charge is 0.318 e. The number of nitrogens with two attached hydrogens (primary N) is 1. The maximum atomic E-state index is 12.2. The highest BCUT2D eigenvalue weighted by Gasteiger charge is 2.28. The Bertz CT molecular complexity index is 588. The van der Waals surface area contributed by atoms with Crippen LogP contribution in [0.3, 0.4) is 0 Å². The number of para-hydroxylation sites is 1. The van der Waals surface area contributed by atoms with Crippen LogP contribution in [0.5, 0.6) is 0 Å². The third-order valence-electron chi connectivity index (χ3n) is 2.95. The summed E-state index contributed by atoms with van der Waals surface area (Å²) in [5.74, 6) is 5.31. The number of hydrogen-bond donors (Lipinski definition) is 3. The summed E-state index contributed by atoms with van der Waals surface area (Å²) in [6, 6.07) is 3.91. The molecule has 0 aliphatic carbocycles. The van der Waals surface area contributed by atoms with Crippen LogP contribution in [0, 0.1) is 16.0 Å². The van der Waals surface area contributed by atoms with Crippen molar-refractivity contribution < 1.29 is 13.3 Å². The van der Waals surface area contributed by atoms with Crippen molar-refractivity contribution in [2.75, 3.05) is 12.0 Å². The molecule has 1 rings (SSSR count). The minimum absolute atomic E-state index is 0.0542. The van der Waals surface area contributed by atoms with Gasteiger partial charge in [0.1, 0.15) is 5.69 Å². The van der Waals surface area contributed by atoms with Crippen LogP contribution in [0.1, 0.15) is 20.3 Å². The number of nitrogens with zero attached hydrogens (tertiary/aromatic N) is 1. The Kier molecular flexibility index (Phi) is 5.43. The van der Waals surface area contributed by atoms with E-state index < -0.39 is 25.5 Å². The molecule has 1 atom stereocenters. The second kappa shape index (κ2) is 6.64. The van der Waals surface area contributed by atoms with Crippen LogP contribution in [0.2, 0.25) is 0 Å². The summed E-state index contributed by atoms with van der Waals surface area (Å²) in [6.45, 7) is 4.03. The summed E-state index contributed by atoms with van der Waals surface area (Å²) < 4.78 is 26.7. The van der Waals surface area contributed by atoms with Crippen molar-refractivity contribution >= 4 is 21.4 Å². The molecule has 0 bridgehead atoms. The summed E-state index contributed by atoms with van der Waals surface area (Å²) in [4.78, 5) is 9.89. The quantitative estimate of drug-likeness (QED) is 0.394. The van der Waals surface area contributed by atoms with E-state index in [1.807, 2.05) is 13.8 Å². The van der Waals surface area contributed by atoms with Crippen LogP contribution >= 0.6 is 0 Å². The Balaban J connectivity index is 3.21. The second-order valence-corrected chi connectivity index (χ2v) is 6.15. The van der Waals surface area contributed by atoms with Crippen LogP contribution in [-0.2, 0) is 10.0 Å².